The number of aryl methyl sites for hydroxylation is 1. The highest BCUT2D eigenvalue weighted by Gasteiger charge is 2.40. The number of rotatable bonds is 11. The molecule has 2 aromatic carbocycles. The Labute approximate surface area is 428 Å². The number of phenols is 1. The number of amides is 3. The summed E-state index contributed by atoms with van der Waals surface area (Å²) in [5.74, 6) is -2.18. The van der Waals surface area contributed by atoms with Crippen LogP contribution >= 0.6 is 54.0 Å². The Morgan fingerprint density at radius 1 is 1.04 bits per heavy atom. The van der Waals surface area contributed by atoms with Crippen LogP contribution in [-0.2, 0) is 54.6 Å². The molecule has 6 bridgehead atoms. The number of likely N-dealkylation sites (N-methyl/N-ethyl adjacent to an activating group) is 1. The minimum Gasteiger partial charge on any atom is -0.508 e. The van der Waals surface area contributed by atoms with Gasteiger partial charge < -0.3 is 39.4 Å². The summed E-state index contributed by atoms with van der Waals surface area (Å²) >= 11 is 0. The Kier molecular flexibility index (Phi) is 21.7. The van der Waals surface area contributed by atoms with Gasteiger partial charge >= 0.3 is 5.97 Å². The number of ether oxygens (including phenoxy) is 2. The van der Waals surface area contributed by atoms with Gasteiger partial charge in [-0.25, -0.2) is 5.43 Å². The van der Waals surface area contributed by atoms with E-state index in [-0.39, 0.29) is 97.1 Å². The van der Waals surface area contributed by atoms with Crippen molar-refractivity contribution in [1.29, 1.82) is 0 Å². The quantitative estimate of drug-likeness (QED) is 0.146. The van der Waals surface area contributed by atoms with E-state index in [4.69, 9.17) is 9.47 Å². The minimum absolute atomic E-state index is 0. The largest absolute Gasteiger partial charge is 0.508 e. The number of benzene rings is 2. The molecule has 4 N–H and O–H groups in total. The van der Waals surface area contributed by atoms with Crippen LogP contribution in [0, 0.1) is 17.3 Å². The Bertz CT molecular complexity index is 2380. The number of hydrazine groups is 1. The predicted molar refractivity (Wildman–Crippen MR) is 285 cm³/mol. The van der Waals surface area contributed by atoms with Crippen molar-refractivity contribution in [3.8, 4) is 28.1 Å². The smallest absolute Gasteiger partial charge is 0.324 e. The average Bonchev–Trinajstić information content (AvgIpc) is 3.86. The zero-order valence-corrected chi connectivity index (χ0v) is 44.4. The second-order valence-electron chi connectivity index (χ2n) is 18.8. The maximum Gasteiger partial charge on any atom is 0.324 e. The Morgan fingerprint density at radius 3 is 2.49 bits per heavy atom. The summed E-state index contributed by atoms with van der Waals surface area (Å²) in [7, 11) is 3.31. The molecule has 19 heteroatoms. The summed E-state index contributed by atoms with van der Waals surface area (Å²) in [6, 6.07) is 10.7. The lowest BCUT2D eigenvalue weighted by molar-refractivity contribution is -0.155. The Balaban J connectivity index is 0.00000306. The number of hydrogen-bond acceptors (Lipinski definition) is 11. The standard InChI is InChI=1S/C49H65N7O8.4H2S/c1-8-55-42-12-11-32-24-37(42)38(44(55)39-26-50-15-13-34(39)28-63-7)25-49(4,5)29-64-48(62)40-10-9-16-56(52-40)47(61)41(22-31-20-35(32)23-36(58)21-31)51-45(59)43(30(2)3)53(6)46(60)33-14-17-54(27-33)18-19-57;;;;/h11-13,15,20-21,23-24,26,30,33,40-41,43,52,57-58H,8-10,14,16-19,22,25,27-29H2,1-7H3,(H,51,59);4*1H2/t33-,40-,41-,43-;;;;/m0..../s1. The van der Waals surface area contributed by atoms with Gasteiger partial charge in [-0.1, -0.05) is 39.8 Å². The summed E-state index contributed by atoms with van der Waals surface area (Å²) in [5, 5.41) is 26.2. The number of aliphatic hydroxyl groups excluding tert-OH is 1. The van der Waals surface area contributed by atoms with Gasteiger partial charge in [0.15, 0.2) is 0 Å². The van der Waals surface area contributed by atoms with E-state index in [1.807, 2.05) is 43.1 Å². The molecule has 2 saturated heterocycles. The monoisotopic (exact) mass is 1020 g/mol. The first-order valence-electron chi connectivity index (χ1n) is 22.7. The third-order valence-corrected chi connectivity index (χ3v) is 13.0. The van der Waals surface area contributed by atoms with Crippen molar-refractivity contribution in [2.75, 3.05) is 53.6 Å². The molecule has 68 heavy (non-hydrogen) atoms. The zero-order valence-electron chi connectivity index (χ0n) is 40.4. The third-order valence-electron chi connectivity index (χ3n) is 13.0. The molecule has 0 spiro atoms. The number of cyclic esters (lactones) is 1. The maximum atomic E-state index is 14.7. The number of nitrogens with zero attached hydrogens (tertiary/aromatic N) is 5. The van der Waals surface area contributed by atoms with Crippen molar-refractivity contribution in [3.05, 3.63) is 71.5 Å². The van der Waals surface area contributed by atoms with Gasteiger partial charge in [0, 0.05) is 81.0 Å². The number of aromatic nitrogens is 2. The van der Waals surface area contributed by atoms with Crippen molar-refractivity contribution in [2.24, 2.45) is 17.3 Å². The second kappa shape index (κ2) is 25.3. The van der Waals surface area contributed by atoms with E-state index < -0.39 is 41.3 Å². The van der Waals surface area contributed by atoms with E-state index >= 15 is 0 Å². The predicted octanol–water partition coefficient (Wildman–Crippen LogP) is 5.14. The first kappa shape index (κ1) is 58.4. The van der Waals surface area contributed by atoms with Crippen LogP contribution in [0.1, 0.15) is 70.6 Å². The lowest BCUT2D eigenvalue weighted by Crippen LogP contribution is -2.62. The van der Waals surface area contributed by atoms with E-state index in [0.717, 1.165) is 44.4 Å². The summed E-state index contributed by atoms with van der Waals surface area (Å²) in [5.41, 5.74) is 9.84. The highest BCUT2D eigenvalue weighted by molar-refractivity contribution is 7.59. The van der Waals surface area contributed by atoms with Crippen molar-refractivity contribution in [1.82, 2.24) is 35.1 Å². The van der Waals surface area contributed by atoms with Crippen molar-refractivity contribution in [3.63, 3.8) is 0 Å². The number of β-amino-alcohol motifs (C(OH)–C–C–N with tert-alkyl or cyclic N) is 1. The van der Waals surface area contributed by atoms with Gasteiger partial charge in [-0.05, 0) is 103 Å². The molecule has 0 unspecified atom stereocenters. The van der Waals surface area contributed by atoms with E-state index in [2.05, 4.69) is 53.2 Å². The van der Waals surface area contributed by atoms with Crippen molar-refractivity contribution >= 4 is 88.6 Å². The molecule has 2 aromatic heterocycles. The number of aliphatic hydroxyl groups is 1. The maximum absolute atomic E-state index is 14.7. The van der Waals surface area contributed by atoms with Crippen molar-refractivity contribution in [2.45, 2.75) is 98.0 Å². The van der Waals surface area contributed by atoms with Gasteiger partial charge in [-0.3, -0.25) is 29.2 Å². The summed E-state index contributed by atoms with van der Waals surface area (Å²) in [4.78, 5) is 65.0. The lowest BCUT2D eigenvalue weighted by Gasteiger charge is -2.37. The third kappa shape index (κ3) is 12.9. The number of carbonyl (C=O) groups excluding carboxylic acids is 4. The Morgan fingerprint density at radius 2 is 1.79 bits per heavy atom. The fourth-order valence-electron chi connectivity index (χ4n) is 9.92. The molecule has 15 nitrogen and oxygen atoms in total. The number of fused-ring (bicyclic) bond motifs is 6. The molecular formula is C49H73N7O8S4. The molecule has 376 valence electrons. The van der Waals surface area contributed by atoms with Gasteiger partial charge in [-0.2, -0.15) is 54.0 Å². The highest BCUT2D eigenvalue weighted by atomic mass is 32.1. The molecule has 4 atom stereocenters. The van der Waals surface area contributed by atoms with Crippen LogP contribution in [0.25, 0.3) is 33.3 Å². The fraction of sp³-hybridized carbons (Fsp3) is 0.531. The number of esters is 1. The lowest BCUT2D eigenvalue weighted by atomic mass is 9.84. The van der Waals surface area contributed by atoms with Crippen LogP contribution < -0.4 is 10.7 Å². The van der Waals surface area contributed by atoms with Gasteiger partial charge in [0.05, 0.1) is 31.4 Å². The number of nitrogens with one attached hydrogen (secondary N) is 2. The van der Waals surface area contributed by atoms with E-state index in [1.54, 1.807) is 32.5 Å². The molecule has 3 amide bonds. The molecule has 3 aliphatic rings. The van der Waals surface area contributed by atoms with E-state index in [9.17, 15) is 29.4 Å². The normalized spacial score (nSPS) is 19.9. The number of phenolic OH excluding ortho intramolecular Hbond substituents is 1. The van der Waals surface area contributed by atoms with Crippen molar-refractivity contribution < 1.29 is 38.9 Å². The molecule has 5 heterocycles. The zero-order chi connectivity index (χ0) is 45.9. The van der Waals surface area contributed by atoms with Gasteiger partial charge in [0.25, 0.3) is 5.91 Å². The second-order valence-corrected chi connectivity index (χ2v) is 18.8. The van der Waals surface area contributed by atoms with E-state index in [0.29, 0.717) is 70.6 Å². The minimum atomic E-state index is -1.13. The summed E-state index contributed by atoms with van der Waals surface area (Å²) < 4.78 is 14.0. The molecular weight excluding hydrogens is 943 g/mol. The fourth-order valence-corrected chi connectivity index (χ4v) is 9.92. The van der Waals surface area contributed by atoms with Gasteiger partial charge in [-0.15, -0.1) is 0 Å². The molecule has 3 aliphatic heterocycles. The number of likely N-dealkylation sites (tertiary alicyclic amines) is 1. The molecule has 4 aromatic rings. The van der Waals surface area contributed by atoms with E-state index in [1.165, 1.54) is 9.91 Å². The summed E-state index contributed by atoms with van der Waals surface area (Å²) in [6.45, 7) is 13.2. The number of methoxy groups -OCH3 is 1. The highest BCUT2D eigenvalue weighted by Crippen LogP contribution is 2.41. The van der Waals surface area contributed by atoms with Crippen LogP contribution in [0.4, 0.5) is 0 Å². The van der Waals surface area contributed by atoms with Gasteiger partial charge in [0.2, 0.25) is 11.8 Å². The topological polar surface area (TPSA) is 179 Å². The molecule has 0 aliphatic carbocycles. The molecule has 7 rings (SSSR count). The van der Waals surface area contributed by atoms with Crippen LogP contribution in [0.15, 0.2) is 54.9 Å². The Hall–Kier alpha value is -3.95. The van der Waals surface area contributed by atoms with Crippen LogP contribution in [0.3, 0.4) is 0 Å². The summed E-state index contributed by atoms with van der Waals surface area (Å²) in [6.07, 6.45) is 5.82. The van der Waals surface area contributed by atoms with Crippen LogP contribution in [0.5, 0.6) is 5.75 Å². The first-order chi connectivity index (χ1) is 30.6. The number of hydrogen-bond donors (Lipinski definition) is 4. The van der Waals surface area contributed by atoms with Crippen LogP contribution in [0.2, 0.25) is 0 Å². The molecule has 0 radical (unpaired) electrons. The average molecular weight is 1020 g/mol. The number of aromatic hydroxyl groups is 1. The van der Waals surface area contributed by atoms with Gasteiger partial charge in [0.1, 0.15) is 23.9 Å². The first-order valence-corrected chi connectivity index (χ1v) is 22.7. The number of pyridine rings is 1. The van der Waals surface area contributed by atoms with Crippen LogP contribution in [-0.4, -0.2) is 130 Å². The SMILES string of the molecule is CCn1c(-c2cnccc2COC)c2c3cc(ccc31)-c1cc(O)cc(c1)C[C@H](NC(=O)[C@H](C(C)C)N(C)C(=O)[C@H]1CCN(CCO)C1)C(=O)N1CCC[C@H](N1)C(=O)OCC(C)(C)C2.S.S.S.S. The number of carbonyl (C=O) groups is 4. The molecule has 2 fully saturated rings. The molecule has 0 saturated carbocycles.